The molecule has 0 aliphatic carbocycles. The molecule has 0 spiro atoms. The third kappa shape index (κ3) is 4.05. The van der Waals surface area contributed by atoms with Crippen molar-refractivity contribution in [3.05, 3.63) is 22.4 Å². The number of carbonyl (C=O) groups excluding carboxylic acids is 2. The molecule has 1 atom stereocenters. The summed E-state index contributed by atoms with van der Waals surface area (Å²) >= 11 is 1.72. The van der Waals surface area contributed by atoms with Crippen LogP contribution in [-0.4, -0.2) is 47.9 Å². The number of amides is 3. The number of thiophene rings is 1. The van der Waals surface area contributed by atoms with Crippen LogP contribution in [0.15, 0.2) is 17.5 Å². The fourth-order valence-corrected chi connectivity index (χ4v) is 4.33. The summed E-state index contributed by atoms with van der Waals surface area (Å²) in [5.41, 5.74) is 0. The van der Waals surface area contributed by atoms with Gasteiger partial charge in [0.1, 0.15) is 0 Å². The Hall–Kier alpha value is -1.56. The summed E-state index contributed by atoms with van der Waals surface area (Å²) in [6, 6.07) is 4.37. The van der Waals surface area contributed by atoms with Gasteiger partial charge in [-0.25, -0.2) is 4.79 Å². The Morgan fingerprint density at radius 3 is 3.00 bits per heavy atom. The van der Waals surface area contributed by atoms with Crippen LogP contribution in [0.1, 0.15) is 49.4 Å². The molecule has 3 rings (SSSR count). The van der Waals surface area contributed by atoms with Crippen molar-refractivity contribution in [2.45, 2.75) is 44.6 Å². The van der Waals surface area contributed by atoms with Crippen LogP contribution in [0.25, 0.3) is 0 Å². The molecule has 2 aliphatic rings. The van der Waals surface area contributed by atoms with Crippen LogP contribution < -0.4 is 5.32 Å². The van der Waals surface area contributed by atoms with Crippen molar-refractivity contribution in [3.63, 3.8) is 0 Å². The van der Waals surface area contributed by atoms with Crippen molar-refractivity contribution < 1.29 is 9.59 Å². The molecular weight excluding hydrogens is 310 g/mol. The summed E-state index contributed by atoms with van der Waals surface area (Å²) in [7, 11) is 0. The first kappa shape index (κ1) is 16.3. The predicted octanol–water partition coefficient (Wildman–Crippen LogP) is 3.00. The maximum Gasteiger partial charge on any atom is 0.318 e. The Labute approximate surface area is 141 Å². The van der Waals surface area contributed by atoms with Gasteiger partial charge in [-0.05, 0) is 37.1 Å². The van der Waals surface area contributed by atoms with Gasteiger partial charge >= 0.3 is 6.03 Å². The van der Waals surface area contributed by atoms with Gasteiger partial charge in [-0.1, -0.05) is 12.5 Å². The second-order valence-electron chi connectivity index (χ2n) is 6.29. The lowest BCUT2D eigenvalue weighted by Gasteiger charge is -2.25. The van der Waals surface area contributed by atoms with Gasteiger partial charge in [0.2, 0.25) is 5.91 Å². The first-order valence-corrected chi connectivity index (χ1v) is 9.49. The minimum Gasteiger partial charge on any atom is -0.341 e. The van der Waals surface area contributed by atoms with Crippen LogP contribution in [0.2, 0.25) is 0 Å². The lowest BCUT2D eigenvalue weighted by Crippen LogP contribution is -2.43. The molecule has 3 heterocycles. The van der Waals surface area contributed by atoms with Crippen molar-refractivity contribution in [1.82, 2.24) is 15.1 Å². The molecule has 0 radical (unpaired) electrons. The normalized spacial score (nSPS) is 22.3. The summed E-state index contributed by atoms with van der Waals surface area (Å²) in [6.07, 6.45) is 5.95. The highest BCUT2D eigenvalue weighted by atomic mass is 32.1. The second-order valence-corrected chi connectivity index (χ2v) is 7.27. The lowest BCUT2D eigenvalue weighted by molar-refractivity contribution is -0.130. The largest absolute Gasteiger partial charge is 0.341 e. The number of rotatable bonds is 4. The Morgan fingerprint density at radius 2 is 2.17 bits per heavy atom. The molecule has 2 aliphatic heterocycles. The topological polar surface area (TPSA) is 52.7 Å². The number of likely N-dealkylation sites (tertiary alicyclic amines) is 2. The van der Waals surface area contributed by atoms with Gasteiger partial charge in [-0.2, -0.15) is 0 Å². The van der Waals surface area contributed by atoms with E-state index in [-0.39, 0.29) is 18.0 Å². The van der Waals surface area contributed by atoms with Gasteiger partial charge in [0.05, 0.1) is 6.04 Å². The van der Waals surface area contributed by atoms with Gasteiger partial charge in [-0.15, -0.1) is 11.3 Å². The van der Waals surface area contributed by atoms with Gasteiger partial charge < -0.3 is 15.1 Å². The van der Waals surface area contributed by atoms with Crippen molar-refractivity contribution >= 4 is 23.3 Å². The summed E-state index contributed by atoms with van der Waals surface area (Å²) in [4.78, 5) is 29.5. The van der Waals surface area contributed by atoms with E-state index in [0.717, 1.165) is 45.2 Å². The van der Waals surface area contributed by atoms with Gasteiger partial charge in [0.25, 0.3) is 0 Å². The minimum atomic E-state index is 0.00294. The van der Waals surface area contributed by atoms with Gasteiger partial charge in [0, 0.05) is 37.5 Å². The van der Waals surface area contributed by atoms with E-state index in [1.165, 1.54) is 4.88 Å². The standard InChI is InChI=1S/C17H25N3O2S/c21-16-8-2-1-3-10-19(16)12-9-18-17(22)20-11-4-6-14(20)15-7-5-13-23-15/h5,7,13-14H,1-4,6,8-12H2,(H,18,22)/t14-/m1/s1. The quantitative estimate of drug-likeness (QED) is 0.919. The molecule has 0 bridgehead atoms. The Morgan fingerprint density at radius 1 is 1.26 bits per heavy atom. The number of hydrogen-bond acceptors (Lipinski definition) is 3. The fraction of sp³-hybridized carbons (Fsp3) is 0.647. The van der Waals surface area contributed by atoms with E-state index < -0.39 is 0 Å². The first-order valence-electron chi connectivity index (χ1n) is 8.61. The third-order valence-corrected chi connectivity index (χ3v) is 5.69. The summed E-state index contributed by atoms with van der Waals surface area (Å²) < 4.78 is 0. The van der Waals surface area contributed by atoms with Crippen LogP contribution >= 0.6 is 11.3 Å². The molecule has 5 nitrogen and oxygen atoms in total. The summed E-state index contributed by atoms with van der Waals surface area (Å²) in [6.45, 7) is 2.81. The SMILES string of the molecule is O=C1CCCCCN1CCNC(=O)N1CCC[C@@H]1c1cccs1. The zero-order valence-corrected chi connectivity index (χ0v) is 14.3. The minimum absolute atomic E-state index is 0.00294. The average Bonchev–Trinajstić information content (AvgIpc) is 3.19. The number of nitrogens with one attached hydrogen (secondary N) is 1. The zero-order valence-electron chi connectivity index (χ0n) is 13.5. The molecule has 1 N–H and O–H groups in total. The molecule has 126 valence electrons. The van der Waals surface area contributed by atoms with E-state index in [4.69, 9.17) is 0 Å². The maximum atomic E-state index is 12.5. The van der Waals surface area contributed by atoms with Gasteiger partial charge in [-0.3, -0.25) is 4.79 Å². The highest BCUT2D eigenvalue weighted by Crippen LogP contribution is 2.34. The van der Waals surface area contributed by atoms with Crippen LogP contribution in [-0.2, 0) is 4.79 Å². The van der Waals surface area contributed by atoms with Crippen molar-refractivity contribution in [1.29, 1.82) is 0 Å². The zero-order chi connectivity index (χ0) is 16.1. The molecule has 0 saturated carbocycles. The Bertz CT molecular complexity index is 532. The molecule has 2 saturated heterocycles. The van der Waals surface area contributed by atoms with E-state index in [2.05, 4.69) is 16.8 Å². The third-order valence-electron chi connectivity index (χ3n) is 4.71. The molecule has 0 unspecified atom stereocenters. The van der Waals surface area contributed by atoms with Crippen molar-refractivity contribution in [2.24, 2.45) is 0 Å². The smallest absolute Gasteiger partial charge is 0.318 e. The first-order chi connectivity index (χ1) is 11.3. The van der Waals surface area contributed by atoms with E-state index in [0.29, 0.717) is 19.5 Å². The van der Waals surface area contributed by atoms with Crippen molar-refractivity contribution in [3.8, 4) is 0 Å². The van der Waals surface area contributed by atoms with Crippen molar-refractivity contribution in [2.75, 3.05) is 26.2 Å². The molecule has 1 aromatic rings. The molecule has 23 heavy (non-hydrogen) atoms. The van der Waals surface area contributed by atoms with E-state index >= 15 is 0 Å². The molecule has 6 heteroatoms. The van der Waals surface area contributed by atoms with E-state index in [1.807, 2.05) is 15.9 Å². The molecule has 3 amide bonds. The predicted molar refractivity (Wildman–Crippen MR) is 91.4 cm³/mol. The Balaban J connectivity index is 1.48. The molecule has 0 aromatic carbocycles. The van der Waals surface area contributed by atoms with Crippen LogP contribution in [0.3, 0.4) is 0 Å². The highest BCUT2D eigenvalue weighted by molar-refractivity contribution is 7.10. The van der Waals surface area contributed by atoms with E-state index in [9.17, 15) is 9.59 Å². The number of carbonyl (C=O) groups is 2. The average molecular weight is 335 g/mol. The number of nitrogens with zero attached hydrogens (tertiary/aromatic N) is 2. The molecular formula is C17H25N3O2S. The Kier molecular flexibility index (Phi) is 5.54. The van der Waals surface area contributed by atoms with Crippen LogP contribution in [0.5, 0.6) is 0 Å². The van der Waals surface area contributed by atoms with E-state index in [1.54, 1.807) is 11.3 Å². The highest BCUT2D eigenvalue weighted by Gasteiger charge is 2.30. The van der Waals surface area contributed by atoms with Crippen LogP contribution in [0.4, 0.5) is 4.79 Å². The summed E-state index contributed by atoms with van der Waals surface area (Å²) in [5.74, 6) is 0.231. The molecule has 1 aromatic heterocycles. The van der Waals surface area contributed by atoms with Crippen LogP contribution in [0, 0.1) is 0 Å². The maximum absolute atomic E-state index is 12.5. The number of urea groups is 1. The summed E-state index contributed by atoms with van der Waals surface area (Å²) in [5, 5.41) is 5.07. The fourth-order valence-electron chi connectivity index (χ4n) is 3.46. The second kappa shape index (κ2) is 7.81. The number of hydrogen-bond donors (Lipinski definition) is 1. The van der Waals surface area contributed by atoms with Gasteiger partial charge in [0.15, 0.2) is 0 Å². The monoisotopic (exact) mass is 335 g/mol. The lowest BCUT2D eigenvalue weighted by atomic mass is 10.2. The molecule has 2 fully saturated rings.